The second-order valence-corrected chi connectivity index (χ2v) is 8.07. The van der Waals surface area contributed by atoms with Crippen LogP contribution < -0.4 is 10.6 Å². The molecule has 0 unspecified atom stereocenters. The van der Waals surface area contributed by atoms with E-state index < -0.39 is 17.2 Å². The third kappa shape index (κ3) is 6.04. The Balaban J connectivity index is 2.04. The van der Waals surface area contributed by atoms with Crippen LogP contribution >= 0.6 is 23.2 Å². The highest BCUT2D eigenvalue weighted by atomic mass is 35.5. The van der Waals surface area contributed by atoms with E-state index in [1.165, 1.54) is 12.1 Å². The lowest BCUT2D eigenvalue weighted by atomic mass is 9.97. The third-order valence-electron chi connectivity index (χ3n) is 3.93. The van der Waals surface area contributed by atoms with Gasteiger partial charge in [-0.05, 0) is 45.7 Å². The van der Waals surface area contributed by atoms with Gasteiger partial charge in [0.1, 0.15) is 15.9 Å². The van der Waals surface area contributed by atoms with Crippen LogP contribution in [0.3, 0.4) is 0 Å². The van der Waals surface area contributed by atoms with E-state index in [0.29, 0.717) is 12.1 Å². The van der Waals surface area contributed by atoms with Crippen LogP contribution in [0, 0.1) is 0 Å². The van der Waals surface area contributed by atoms with Crippen molar-refractivity contribution in [2.75, 3.05) is 6.54 Å². The highest BCUT2D eigenvalue weighted by Gasteiger charge is 2.36. The average Bonchev–Trinajstić information content (AvgIpc) is 2.91. The van der Waals surface area contributed by atoms with Crippen molar-refractivity contribution in [3.05, 3.63) is 28.0 Å². The quantitative estimate of drug-likeness (QED) is 0.766. The number of ether oxygens (including phenoxy) is 1. The van der Waals surface area contributed by atoms with Crippen LogP contribution in [-0.4, -0.2) is 34.7 Å². The van der Waals surface area contributed by atoms with Crippen LogP contribution in [0.15, 0.2) is 12.1 Å². The molecule has 6 nitrogen and oxygen atoms in total. The zero-order valence-electron chi connectivity index (χ0n) is 14.6. The van der Waals surface area contributed by atoms with Crippen molar-refractivity contribution < 1.29 is 14.3 Å². The Morgan fingerprint density at radius 3 is 2.28 bits per heavy atom. The van der Waals surface area contributed by atoms with Gasteiger partial charge in [0.2, 0.25) is 0 Å². The average molecular weight is 388 g/mol. The van der Waals surface area contributed by atoms with Gasteiger partial charge in [0, 0.05) is 12.1 Å². The molecule has 0 saturated heterocycles. The first-order chi connectivity index (χ1) is 11.6. The summed E-state index contributed by atoms with van der Waals surface area (Å²) in [6.45, 7) is 5.71. The highest BCUT2D eigenvalue weighted by molar-refractivity contribution is 6.33. The van der Waals surface area contributed by atoms with Crippen LogP contribution in [0.1, 0.15) is 56.8 Å². The van der Waals surface area contributed by atoms with E-state index in [-0.39, 0.29) is 16.2 Å². The molecule has 1 heterocycles. The molecule has 1 aliphatic rings. The predicted octanol–water partition coefficient (Wildman–Crippen LogP) is 3.96. The molecule has 0 spiro atoms. The number of nitrogens with one attached hydrogen (secondary N) is 2. The fraction of sp³-hybridized carbons (Fsp3) is 0.588. The van der Waals surface area contributed by atoms with E-state index in [2.05, 4.69) is 15.6 Å². The fourth-order valence-corrected chi connectivity index (χ4v) is 3.32. The van der Waals surface area contributed by atoms with Crippen LogP contribution in [0.25, 0.3) is 0 Å². The molecule has 25 heavy (non-hydrogen) atoms. The van der Waals surface area contributed by atoms with Gasteiger partial charge in [-0.15, -0.1) is 0 Å². The standard InChI is InChI=1S/C17H23Cl2N3O3/c1-16(2,3)25-15(24)20-10-17(6-4-5-7-17)22-14(23)11-8-12(18)21-13(19)9-11/h8-9H,4-7,10H2,1-3H3,(H,20,24)(H,22,23). The Morgan fingerprint density at radius 2 is 1.76 bits per heavy atom. The van der Waals surface area contributed by atoms with Crippen molar-refractivity contribution >= 4 is 35.2 Å². The zero-order valence-corrected chi connectivity index (χ0v) is 16.1. The predicted molar refractivity (Wildman–Crippen MR) is 97.2 cm³/mol. The van der Waals surface area contributed by atoms with Crippen molar-refractivity contribution in [2.45, 2.75) is 57.6 Å². The molecule has 0 radical (unpaired) electrons. The molecule has 0 atom stereocenters. The second kappa shape index (κ2) is 7.79. The van der Waals surface area contributed by atoms with Gasteiger partial charge in [-0.25, -0.2) is 9.78 Å². The molecule has 138 valence electrons. The number of carbonyl (C=O) groups excluding carboxylic acids is 2. The van der Waals surface area contributed by atoms with Crippen molar-refractivity contribution in [1.82, 2.24) is 15.6 Å². The highest BCUT2D eigenvalue weighted by Crippen LogP contribution is 2.30. The maximum Gasteiger partial charge on any atom is 0.407 e. The molecule has 8 heteroatoms. The Kier molecular flexibility index (Phi) is 6.16. The summed E-state index contributed by atoms with van der Waals surface area (Å²) in [4.78, 5) is 28.3. The molecule has 2 rings (SSSR count). The largest absolute Gasteiger partial charge is 0.444 e. The van der Waals surface area contributed by atoms with Crippen LogP contribution in [0.4, 0.5) is 4.79 Å². The Hall–Kier alpha value is -1.53. The van der Waals surface area contributed by atoms with Gasteiger partial charge in [0.25, 0.3) is 5.91 Å². The smallest absolute Gasteiger partial charge is 0.407 e. The normalized spacial score (nSPS) is 16.4. The minimum absolute atomic E-state index is 0.157. The lowest BCUT2D eigenvalue weighted by Crippen LogP contribution is -2.54. The van der Waals surface area contributed by atoms with Crippen molar-refractivity contribution in [1.29, 1.82) is 0 Å². The molecular weight excluding hydrogens is 365 g/mol. The molecular formula is C17H23Cl2N3O3. The summed E-state index contributed by atoms with van der Waals surface area (Å²) in [6, 6.07) is 2.93. The van der Waals surface area contributed by atoms with Crippen molar-refractivity contribution in [3.8, 4) is 0 Å². The number of aromatic nitrogens is 1. The number of amides is 2. The van der Waals surface area contributed by atoms with Crippen LogP contribution in [-0.2, 0) is 4.74 Å². The Morgan fingerprint density at radius 1 is 1.20 bits per heavy atom. The van der Waals surface area contributed by atoms with Gasteiger partial charge in [-0.3, -0.25) is 4.79 Å². The number of hydrogen-bond donors (Lipinski definition) is 2. The lowest BCUT2D eigenvalue weighted by Gasteiger charge is -2.31. The molecule has 1 aliphatic carbocycles. The number of halogens is 2. The van der Waals surface area contributed by atoms with Crippen molar-refractivity contribution in [3.63, 3.8) is 0 Å². The summed E-state index contributed by atoms with van der Waals surface area (Å²) in [6.07, 6.45) is 3.02. The number of rotatable bonds is 4. The van der Waals surface area contributed by atoms with E-state index >= 15 is 0 Å². The summed E-state index contributed by atoms with van der Waals surface area (Å²) in [5.41, 5.74) is -0.731. The van der Waals surface area contributed by atoms with Gasteiger partial charge in [0.05, 0.1) is 5.54 Å². The first-order valence-corrected chi connectivity index (χ1v) is 8.97. The number of carbonyl (C=O) groups is 2. The zero-order chi connectivity index (χ0) is 18.7. The van der Waals surface area contributed by atoms with Crippen LogP contribution in [0.2, 0.25) is 10.3 Å². The number of hydrogen-bond acceptors (Lipinski definition) is 4. The summed E-state index contributed by atoms with van der Waals surface area (Å²) < 4.78 is 5.26. The van der Waals surface area contributed by atoms with E-state index in [4.69, 9.17) is 27.9 Å². The maximum atomic E-state index is 12.6. The van der Waals surface area contributed by atoms with Gasteiger partial charge >= 0.3 is 6.09 Å². The molecule has 0 aliphatic heterocycles. The molecule has 1 aromatic rings. The van der Waals surface area contributed by atoms with E-state index in [1.807, 2.05) is 0 Å². The van der Waals surface area contributed by atoms with E-state index in [1.54, 1.807) is 20.8 Å². The SMILES string of the molecule is CC(C)(C)OC(=O)NCC1(NC(=O)c2cc(Cl)nc(Cl)c2)CCCC1. The lowest BCUT2D eigenvalue weighted by molar-refractivity contribution is 0.0505. The number of pyridine rings is 1. The van der Waals surface area contributed by atoms with Gasteiger partial charge in [0.15, 0.2) is 0 Å². The molecule has 1 saturated carbocycles. The Labute approximate surface area is 157 Å². The maximum absolute atomic E-state index is 12.6. The minimum atomic E-state index is -0.569. The topological polar surface area (TPSA) is 80.3 Å². The molecule has 0 aromatic carbocycles. The van der Waals surface area contributed by atoms with Gasteiger partial charge in [-0.2, -0.15) is 0 Å². The summed E-state index contributed by atoms with van der Waals surface area (Å²) in [5.74, 6) is -0.293. The third-order valence-corrected chi connectivity index (χ3v) is 4.32. The van der Waals surface area contributed by atoms with Gasteiger partial charge in [-0.1, -0.05) is 36.0 Å². The fourth-order valence-electron chi connectivity index (χ4n) is 2.86. The van der Waals surface area contributed by atoms with E-state index in [9.17, 15) is 9.59 Å². The summed E-state index contributed by atoms with van der Waals surface area (Å²) >= 11 is 11.7. The first-order valence-electron chi connectivity index (χ1n) is 8.21. The van der Waals surface area contributed by atoms with E-state index in [0.717, 1.165) is 25.7 Å². The Bertz CT molecular complexity index is 633. The molecule has 2 N–H and O–H groups in total. The van der Waals surface area contributed by atoms with Gasteiger partial charge < -0.3 is 15.4 Å². The molecule has 0 bridgehead atoms. The molecule has 1 fully saturated rings. The number of alkyl carbamates (subject to hydrolysis) is 1. The summed E-state index contributed by atoms with van der Waals surface area (Å²) in [5, 5.41) is 6.10. The summed E-state index contributed by atoms with van der Waals surface area (Å²) in [7, 11) is 0. The van der Waals surface area contributed by atoms with Crippen molar-refractivity contribution in [2.24, 2.45) is 0 Å². The number of nitrogens with zero attached hydrogens (tertiary/aromatic N) is 1. The van der Waals surface area contributed by atoms with Crippen LogP contribution in [0.5, 0.6) is 0 Å². The molecule has 1 aromatic heterocycles. The first kappa shape index (κ1) is 19.8. The second-order valence-electron chi connectivity index (χ2n) is 7.30. The molecule has 2 amide bonds. The monoisotopic (exact) mass is 387 g/mol. The minimum Gasteiger partial charge on any atom is -0.444 e.